The lowest BCUT2D eigenvalue weighted by Gasteiger charge is -2.32. The molecule has 1 heterocycles. The fourth-order valence-corrected chi connectivity index (χ4v) is 2.68. The monoisotopic (exact) mass is 253 g/mol. The molecule has 0 spiro atoms. The van der Waals surface area contributed by atoms with Crippen LogP contribution in [0.4, 0.5) is 0 Å². The number of nitrogens with zero attached hydrogens (tertiary/aromatic N) is 1. The zero-order valence-corrected chi connectivity index (χ0v) is 11.4. The van der Waals surface area contributed by atoms with Gasteiger partial charge in [-0.05, 0) is 38.5 Å². The van der Waals surface area contributed by atoms with E-state index in [0.717, 1.165) is 12.8 Å². The Morgan fingerprint density at radius 3 is 2.33 bits per heavy atom. The molecule has 1 aliphatic heterocycles. The Hall–Kier alpha value is -1.06. The molecule has 1 amide bonds. The van der Waals surface area contributed by atoms with Crippen LogP contribution in [0.1, 0.15) is 39.5 Å². The molecule has 2 rings (SSSR count). The lowest BCUT2D eigenvalue weighted by molar-refractivity contribution is -0.151. The van der Waals surface area contributed by atoms with Crippen molar-refractivity contribution in [1.82, 2.24) is 4.90 Å². The van der Waals surface area contributed by atoms with Gasteiger partial charge >= 0.3 is 5.97 Å². The third-order valence-electron chi connectivity index (χ3n) is 4.15. The SMILES string of the molecule is CCOC(=O)C1CCN(C(=O)C(C)C2CC2)CC1. The molecule has 0 N–H and O–H groups in total. The van der Waals surface area contributed by atoms with Gasteiger partial charge in [0, 0.05) is 19.0 Å². The Bertz CT molecular complexity index is 317. The number of piperidine rings is 1. The Kier molecular flexibility index (Phi) is 4.25. The van der Waals surface area contributed by atoms with Crippen LogP contribution in [0.2, 0.25) is 0 Å². The molecule has 1 saturated carbocycles. The van der Waals surface area contributed by atoms with Crippen molar-refractivity contribution in [2.45, 2.75) is 39.5 Å². The molecular weight excluding hydrogens is 230 g/mol. The Morgan fingerprint density at radius 2 is 1.83 bits per heavy atom. The minimum atomic E-state index is -0.0974. The zero-order chi connectivity index (χ0) is 13.1. The van der Waals surface area contributed by atoms with Crippen LogP contribution in [0.3, 0.4) is 0 Å². The van der Waals surface area contributed by atoms with E-state index in [-0.39, 0.29) is 23.7 Å². The predicted octanol–water partition coefficient (Wildman–Crippen LogP) is 1.83. The molecular formula is C14H23NO3. The highest BCUT2D eigenvalue weighted by Crippen LogP contribution is 2.37. The van der Waals surface area contributed by atoms with Crippen LogP contribution in [0.25, 0.3) is 0 Å². The molecule has 4 heteroatoms. The second-order valence-corrected chi connectivity index (χ2v) is 5.48. The van der Waals surface area contributed by atoms with Crippen molar-refractivity contribution < 1.29 is 14.3 Å². The maximum absolute atomic E-state index is 12.2. The molecule has 0 aromatic carbocycles. The first kappa shape index (κ1) is 13.4. The number of esters is 1. The van der Waals surface area contributed by atoms with Gasteiger partial charge in [-0.25, -0.2) is 0 Å². The molecule has 1 unspecified atom stereocenters. The smallest absolute Gasteiger partial charge is 0.309 e. The van der Waals surface area contributed by atoms with Crippen LogP contribution >= 0.6 is 0 Å². The van der Waals surface area contributed by atoms with Gasteiger partial charge in [0.2, 0.25) is 5.91 Å². The number of carbonyl (C=O) groups excluding carboxylic acids is 2. The molecule has 1 aliphatic carbocycles. The van der Waals surface area contributed by atoms with E-state index in [1.807, 2.05) is 18.7 Å². The van der Waals surface area contributed by atoms with Crippen molar-refractivity contribution in [3.8, 4) is 0 Å². The lowest BCUT2D eigenvalue weighted by atomic mass is 9.95. The van der Waals surface area contributed by atoms with Crippen LogP contribution in [-0.2, 0) is 14.3 Å². The van der Waals surface area contributed by atoms with Crippen molar-refractivity contribution in [1.29, 1.82) is 0 Å². The van der Waals surface area contributed by atoms with E-state index in [4.69, 9.17) is 4.74 Å². The second-order valence-electron chi connectivity index (χ2n) is 5.48. The van der Waals surface area contributed by atoms with Gasteiger partial charge in [-0.15, -0.1) is 0 Å². The Morgan fingerprint density at radius 1 is 1.22 bits per heavy atom. The van der Waals surface area contributed by atoms with Gasteiger partial charge in [0.25, 0.3) is 0 Å². The summed E-state index contributed by atoms with van der Waals surface area (Å²) in [4.78, 5) is 25.7. The summed E-state index contributed by atoms with van der Waals surface area (Å²) in [5.41, 5.74) is 0. The average Bonchev–Trinajstić information content (AvgIpc) is 3.22. The van der Waals surface area contributed by atoms with Gasteiger partial charge in [-0.3, -0.25) is 9.59 Å². The quantitative estimate of drug-likeness (QED) is 0.718. The molecule has 0 bridgehead atoms. The van der Waals surface area contributed by atoms with Crippen molar-refractivity contribution in [3.63, 3.8) is 0 Å². The van der Waals surface area contributed by atoms with Gasteiger partial charge in [0.05, 0.1) is 12.5 Å². The van der Waals surface area contributed by atoms with E-state index in [1.54, 1.807) is 0 Å². The highest BCUT2D eigenvalue weighted by atomic mass is 16.5. The highest BCUT2D eigenvalue weighted by molar-refractivity contribution is 5.79. The fraction of sp³-hybridized carbons (Fsp3) is 0.857. The van der Waals surface area contributed by atoms with E-state index >= 15 is 0 Å². The summed E-state index contributed by atoms with van der Waals surface area (Å²) >= 11 is 0. The number of hydrogen-bond donors (Lipinski definition) is 0. The molecule has 2 fully saturated rings. The highest BCUT2D eigenvalue weighted by Gasteiger charge is 2.36. The normalized spacial score (nSPS) is 22.7. The maximum atomic E-state index is 12.2. The minimum absolute atomic E-state index is 0.00905. The molecule has 1 saturated heterocycles. The summed E-state index contributed by atoms with van der Waals surface area (Å²) in [6.45, 7) is 5.72. The van der Waals surface area contributed by atoms with Crippen LogP contribution in [0, 0.1) is 17.8 Å². The Labute approximate surface area is 109 Å². The topological polar surface area (TPSA) is 46.6 Å². The number of hydrogen-bond acceptors (Lipinski definition) is 3. The second kappa shape index (κ2) is 5.72. The largest absolute Gasteiger partial charge is 0.466 e. The molecule has 2 aliphatic rings. The van der Waals surface area contributed by atoms with Crippen LogP contribution < -0.4 is 0 Å². The van der Waals surface area contributed by atoms with Crippen molar-refractivity contribution >= 4 is 11.9 Å². The van der Waals surface area contributed by atoms with Crippen LogP contribution in [-0.4, -0.2) is 36.5 Å². The van der Waals surface area contributed by atoms with E-state index in [2.05, 4.69) is 0 Å². The van der Waals surface area contributed by atoms with Crippen molar-refractivity contribution in [3.05, 3.63) is 0 Å². The summed E-state index contributed by atoms with van der Waals surface area (Å²) in [5.74, 6) is 0.953. The fourth-order valence-electron chi connectivity index (χ4n) is 2.68. The summed E-state index contributed by atoms with van der Waals surface area (Å²) in [6, 6.07) is 0. The number of rotatable bonds is 4. The number of amides is 1. The zero-order valence-electron chi connectivity index (χ0n) is 11.4. The third-order valence-corrected chi connectivity index (χ3v) is 4.15. The van der Waals surface area contributed by atoms with E-state index in [1.165, 1.54) is 12.8 Å². The van der Waals surface area contributed by atoms with E-state index < -0.39 is 0 Å². The molecule has 102 valence electrons. The number of likely N-dealkylation sites (tertiary alicyclic amines) is 1. The van der Waals surface area contributed by atoms with Gasteiger partial charge in [-0.2, -0.15) is 0 Å². The van der Waals surface area contributed by atoms with Crippen molar-refractivity contribution in [2.24, 2.45) is 17.8 Å². The van der Waals surface area contributed by atoms with Gasteiger partial charge in [-0.1, -0.05) is 6.92 Å². The first-order chi connectivity index (χ1) is 8.63. The summed E-state index contributed by atoms with van der Waals surface area (Å²) < 4.78 is 5.03. The van der Waals surface area contributed by atoms with Crippen LogP contribution in [0.15, 0.2) is 0 Å². The maximum Gasteiger partial charge on any atom is 0.309 e. The summed E-state index contributed by atoms with van der Waals surface area (Å²) in [7, 11) is 0. The number of carbonyl (C=O) groups is 2. The Balaban J connectivity index is 1.78. The molecule has 4 nitrogen and oxygen atoms in total. The van der Waals surface area contributed by atoms with E-state index in [0.29, 0.717) is 25.6 Å². The molecule has 0 aromatic heterocycles. The predicted molar refractivity (Wildman–Crippen MR) is 67.8 cm³/mol. The van der Waals surface area contributed by atoms with Gasteiger partial charge in [0.1, 0.15) is 0 Å². The van der Waals surface area contributed by atoms with Crippen LogP contribution in [0.5, 0.6) is 0 Å². The van der Waals surface area contributed by atoms with E-state index in [9.17, 15) is 9.59 Å². The average molecular weight is 253 g/mol. The van der Waals surface area contributed by atoms with Gasteiger partial charge in [0.15, 0.2) is 0 Å². The standard InChI is InChI=1S/C14H23NO3/c1-3-18-14(17)12-6-8-15(9-7-12)13(16)10(2)11-4-5-11/h10-12H,3-9H2,1-2H3. The van der Waals surface area contributed by atoms with Gasteiger partial charge < -0.3 is 9.64 Å². The molecule has 18 heavy (non-hydrogen) atoms. The molecule has 1 atom stereocenters. The first-order valence-corrected chi connectivity index (χ1v) is 7.09. The molecule has 0 aromatic rings. The summed E-state index contributed by atoms with van der Waals surface area (Å²) in [6.07, 6.45) is 3.91. The summed E-state index contributed by atoms with van der Waals surface area (Å²) in [5, 5.41) is 0. The number of ether oxygens (including phenoxy) is 1. The molecule has 0 radical (unpaired) electrons. The minimum Gasteiger partial charge on any atom is -0.466 e. The van der Waals surface area contributed by atoms with Crippen molar-refractivity contribution in [2.75, 3.05) is 19.7 Å². The lowest BCUT2D eigenvalue weighted by Crippen LogP contribution is -2.43. The third kappa shape index (κ3) is 3.03. The first-order valence-electron chi connectivity index (χ1n) is 7.09.